The molecule has 0 fully saturated rings. The molecule has 7 nitrogen and oxygen atoms in total. The Balaban J connectivity index is 2.25. The summed E-state index contributed by atoms with van der Waals surface area (Å²) in [5.74, 6) is 0.0398. The average molecular weight is 356 g/mol. The van der Waals surface area contributed by atoms with Crippen LogP contribution in [0.4, 0.5) is 10.5 Å². The second-order valence-corrected chi connectivity index (χ2v) is 6.48. The van der Waals surface area contributed by atoms with E-state index in [1.807, 2.05) is 30.3 Å². The van der Waals surface area contributed by atoms with Crippen molar-refractivity contribution in [3.8, 4) is 0 Å². The Labute approximate surface area is 151 Å². The monoisotopic (exact) mass is 356 g/mol. The summed E-state index contributed by atoms with van der Waals surface area (Å²) < 4.78 is 10.9. The van der Waals surface area contributed by atoms with E-state index >= 15 is 0 Å². The molecule has 0 radical (unpaired) electrons. The van der Waals surface area contributed by atoms with Gasteiger partial charge in [-0.25, -0.2) is 4.79 Å². The lowest BCUT2D eigenvalue weighted by molar-refractivity contribution is -0.384. The zero-order valence-corrected chi connectivity index (χ0v) is 14.8. The van der Waals surface area contributed by atoms with Gasteiger partial charge in [0.1, 0.15) is 12.2 Å². The Kier molecular flexibility index (Phi) is 6.06. The molecule has 0 aromatic heterocycles. The second-order valence-electron chi connectivity index (χ2n) is 6.48. The van der Waals surface area contributed by atoms with Gasteiger partial charge in [-0.1, -0.05) is 30.3 Å². The standard InChI is InChI=1S/C19H20N2O5/c1-19(2,3)26-18(22)20-17(25-13-14-7-5-4-6-8-14)15-9-11-16(12-10-15)21(23)24/h4-12H,13H2,1-3H3/b20-17-. The fourth-order valence-corrected chi connectivity index (χ4v) is 2.00. The Bertz CT molecular complexity index is 793. The normalized spacial score (nSPS) is 11.7. The number of non-ortho nitro benzene ring substituents is 1. The second kappa shape index (κ2) is 8.24. The van der Waals surface area contributed by atoms with E-state index in [9.17, 15) is 14.9 Å². The average Bonchev–Trinajstić information content (AvgIpc) is 2.58. The highest BCUT2D eigenvalue weighted by atomic mass is 16.6. The summed E-state index contributed by atoms with van der Waals surface area (Å²) in [4.78, 5) is 26.2. The molecule has 0 aliphatic rings. The van der Waals surface area contributed by atoms with Gasteiger partial charge in [-0.05, 0) is 38.5 Å². The maximum absolute atomic E-state index is 12.0. The van der Waals surface area contributed by atoms with E-state index in [0.717, 1.165) is 5.56 Å². The first kappa shape index (κ1) is 19.1. The number of amides is 1. The van der Waals surface area contributed by atoms with Gasteiger partial charge in [0.15, 0.2) is 0 Å². The minimum atomic E-state index is -0.793. The molecule has 0 atom stereocenters. The van der Waals surface area contributed by atoms with Gasteiger partial charge in [-0.15, -0.1) is 4.99 Å². The molecule has 0 unspecified atom stereocenters. The minimum Gasteiger partial charge on any atom is -0.472 e. The van der Waals surface area contributed by atoms with Gasteiger partial charge in [-0.2, -0.15) is 0 Å². The van der Waals surface area contributed by atoms with Gasteiger partial charge in [0.2, 0.25) is 5.90 Å². The van der Waals surface area contributed by atoms with Crippen molar-refractivity contribution in [2.45, 2.75) is 33.0 Å². The summed E-state index contributed by atoms with van der Waals surface area (Å²) in [5.41, 5.74) is 0.581. The van der Waals surface area contributed by atoms with Crippen LogP contribution >= 0.6 is 0 Å². The number of hydrogen-bond acceptors (Lipinski definition) is 5. The van der Waals surface area contributed by atoms with E-state index < -0.39 is 16.6 Å². The summed E-state index contributed by atoms with van der Waals surface area (Å²) >= 11 is 0. The molecule has 0 spiro atoms. The highest BCUT2D eigenvalue weighted by molar-refractivity contribution is 6.00. The summed E-state index contributed by atoms with van der Waals surface area (Å²) in [6, 6.07) is 15.0. The van der Waals surface area contributed by atoms with Gasteiger partial charge in [0, 0.05) is 17.7 Å². The lowest BCUT2D eigenvalue weighted by Crippen LogP contribution is -2.23. The topological polar surface area (TPSA) is 91.0 Å². The van der Waals surface area contributed by atoms with E-state index in [1.54, 1.807) is 20.8 Å². The minimum absolute atomic E-state index is 0.0398. The number of rotatable bonds is 4. The molecule has 0 saturated carbocycles. The zero-order valence-electron chi connectivity index (χ0n) is 14.8. The molecule has 1 amide bonds. The third-order valence-electron chi connectivity index (χ3n) is 3.13. The Hall–Kier alpha value is -3.22. The van der Waals surface area contributed by atoms with Crippen molar-refractivity contribution in [3.63, 3.8) is 0 Å². The fraction of sp³-hybridized carbons (Fsp3) is 0.263. The predicted octanol–water partition coefficient (Wildman–Crippen LogP) is 4.49. The molecule has 0 bridgehead atoms. The molecule has 0 aliphatic heterocycles. The number of aliphatic imine (C=N–C) groups is 1. The molecular weight excluding hydrogens is 336 g/mol. The van der Waals surface area contributed by atoms with Crippen molar-refractivity contribution >= 4 is 17.7 Å². The highest BCUT2D eigenvalue weighted by Gasteiger charge is 2.18. The van der Waals surface area contributed by atoms with Crippen LogP contribution in [-0.2, 0) is 16.1 Å². The molecule has 26 heavy (non-hydrogen) atoms. The Morgan fingerprint density at radius 1 is 1.08 bits per heavy atom. The van der Waals surface area contributed by atoms with Crippen LogP contribution in [0, 0.1) is 10.1 Å². The molecule has 0 aliphatic carbocycles. The molecule has 2 aromatic carbocycles. The van der Waals surface area contributed by atoms with Gasteiger partial charge in [0.05, 0.1) is 4.92 Å². The maximum Gasteiger partial charge on any atom is 0.437 e. The van der Waals surface area contributed by atoms with Gasteiger partial charge >= 0.3 is 6.09 Å². The Morgan fingerprint density at radius 2 is 1.69 bits per heavy atom. The highest BCUT2D eigenvalue weighted by Crippen LogP contribution is 2.15. The van der Waals surface area contributed by atoms with Crippen molar-refractivity contribution in [1.29, 1.82) is 0 Å². The van der Waals surface area contributed by atoms with Crippen molar-refractivity contribution in [2.75, 3.05) is 0 Å². The van der Waals surface area contributed by atoms with Crippen molar-refractivity contribution in [2.24, 2.45) is 4.99 Å². The molecule has 7 heteroatoms. The molecule has 0 saturated heterocycles. The number of benzene rings is 2. The number of hydrogen-bond donors (Lipinski definition) is 0. The first-order valence-corrected chi connectivity index (χ1v) is 7.98. The van der Waals surface area contributed by atoms with E-state index in [0.29, 0.717) is 5.56 Å². The molecule has 136 valence electrons. The Morgan fingerprint density at radius 3 is 2.23 bits per heavy atom. The van der Waals surface area contributed by atoms with Crippen molar-refractivity contribution in [3.05, 3.63) is 75.8 Å². The third kappa shape index (κ3) is 6.01. The number of carbonyl (C=O) groups excluding carboxylic acids is 1. The van der Waals surface area contributed by atoms with Crippen LogP contribution in [-0.4, -0.2) is 22.5 Å². The largest absolute Gasteiger partial charge is 0.472 e. The molecule has 2 aromatic rings. The SMILES string of the molecule is CC(C)(C)OC(=O)/N=C(\OCc1ccccc1)c1ccc([N+](=O)[O-])cc1. The summed E-state index contributed by atoms with van der Waals surface area (Å²) in [5, 5.41) is 10.8. The quantitative estimate of drug-likeness (QED) is 0.348. The summed E-state index contributed by atoms with van der Waals surface area (Å²) in [6.45, 7) is 5.39. The van der Waals surface area contributed by atoms with Crippen LogP contribution in [0.25, 0.3) is 0 Å². The van der Waals surface area contributed by atoms with Crippen LogP contribution in [0.2, 0.25) is 0 Å². The van der Waals surface area contributed by atoms with Crippen LogP contribution < -0.4 is 0 Å². The lowest BCUT2D eigenvalue weighted by atomic mass is 10.2. The molecule has 0 N–H and O–H groups in total. The number of ether oxygens (including phenoxy) is 2. The predicted molar refractivity (Wildman–Crippen MR) is 97.1 cm³/mol. The molecule has 2 rings (SSSR count). The first-order valence-electron chi connectivity index (χ1n) is 7.98. The van der Waals surface area contributed by atoms with Crippen molar-refractivity contribution < 1.29 is 19.2 Å². The number of carbonyl (C=O) groups is 1. The van der Waals surface area contributed by atoms with E-state index in [4.69, 9.17) is 9.47 Å². The zero-order chi connectivity index (χ0) is 19.2. The van der Waals surface area contributed by atoms with Crippen LogP contribution in [0.1, 0.15) is 31.9 Å². The van der Waals surface area contributed by atoms with Crippen LogP contribution in [0.5, 0.6) is 0 Å². The molecular formula is C19H20N2O5. The number of nitrogens with zero attached hydrogens (tertiary/aromatic N) is 2. The fourth-order valence-electron chi connectivity index (χ4n) is 2.00. The third-order valence-corrected chi connectivity index (χ3v) is 3.13. The first-order chi connectivity index (χ1) is 12.2. The molecule has 0 heterocycles. The number of nitro groups is 1. The van der Waals surface area contributed by atoms with Crippen LogP contribution in [0.15, 0.2) is 59.6 Å². The van der Waals surface area contributed by atoms with Crippen LogP contribution in [0.3, 0.4) is 0 Å². The van der Waals surface area contributed by atoms with E-state index in [-0.39, 0.29) is 18.2 Å². The van der Waals surface area contributed by atoms with Gasteiger partial charge < -0.3 is 9.47 Å². The van der Waals surface area contributed by atoms with Gasteiger partial charge in [0.25, 0.3) is 5.69 Å². The van der Waals surface area contributed by atoms with E-state index in [2.05, 4.69) is 4.99 Å². The van der Waals surface area contributed by atoms with Crippen molar-refractivity contribution in [1.82, 2.24) is 0 Å². The van der Waals surface area contributed by atoms with E-state index in [1.165, 1.54) is 24.3 Å². The maximum atomic E-state index is 12.0. The summed E-state index contributed by atoms with van der Waals surface area (Å²) in [6.07, 6.45) is -0.793. The van der Waals surface area contributed by atoms with Gasteiger partial charge in [-0.3, -0.25) is 10.1 Å². The smallest absolute Gasteiger partial charge is 0.437 e. The number of nitro benzene ring substituents is 1. The summed E-state index contributed by atoms with van der Waals surface area (Å²) in [7, 11) is 0. The lowest BCUT2D eigenvalue weighted by Gasteiger charge is -2.18.